The number of hydrogen-bond donors (Lipinski definition) is 2. The van der Waals surface area contributed by atoms with E-state index >= 15 is 4.39 Å². The fourth-order valence-electron chi connectivity index (χ4n) is 3.93. The first kappa shape index (κ1) is 23.3. The Labute approximate surface area is 192 Å². The molecule has 0 aliphatic carbocycles. The van der Waals surface area contributed by atoms with Crippen LogP contribution in [0.2, 0.25) is 10.0 Å². The summed E-state index contributed by atoms with van der Waals surface area (Å²) in [5.74, 6) is -0.745. The van der Waals surface area contributed by atoms with E-state index in [9.17, 15) is 4.79 Å². The van der Waals surface area contributed by atoms with Crippen LogP contribution in [0.1, 0.15) is 36.7 Å². The van der Waals surface area contributed by atoms with Crippen molar-refractivity contribution in [2.24, 2.45) is 0 Å². The summed E-state index contributed by atoms with van der Waals surface area (Å²) in [5, 5.41) is 7.13. The zero-order chi connectivity index (χ0) is 22.7. The lowest BCUT2D eigenvalue weighted by Gasteiger charge is -2.38. The van der Waals surface area contributed by atoms with Crippen molar-refractivity contribution < 1.29 is 9.18 Å². The maximum Gasteiger partial charge on any atom is 0.255 e. The van der Waals surface area contributed by atoms with Crippen molar-refractivity contribution in [3.8, 4) is 0 Å². The molecule has 2 N–H and O–H groups in total. The standard InChI is InChI=1S/C24H26Cl2FN3O/c1-5-16(6-2)20-10-22(29-24(31)17-7-18(25)9-19(26)8-17)23(11-21(20)27)30-12-14(3)28-15(4)13-30/h5-11,14-15,28H,1,12-13H2,2-4H3,(H,29,31)/b16-6+/t14-,15+. The van der Waals surface area contributed by atoms with E-state index in [-0.39, 0.29) is 23.8 Å². The summed E-state index contributed by atoms with van der Waals surface area (Å²) in [5.41, 5.74) is 2.48. The van der Waals surface area contributed by atoms with Gasteiger partial charge in [0.15, 0.2) is 0 Å². The lowest BCUT2D eigenvalue weighted by atomic mass is 10.0. The van der Waals surface area contributed by atoms with Crippen LogP contribution in [-0.2, 0) is 0 Å². The average molecular weight is 462 g/mol. The molecule has 1 saturated heterocycles. The Balaban J connectivity index is 2.07. The number of benzene rings is 2. The maximum absolute atomic E-state index is 15.1. The molecular formula is C24H26Cl2FN3O. The van der Waals surface area contributed by atoms with Gasteiger partial charge in [-0.25, -0.2) is 4.39 Å². The number of hydrogen-bond acceptors (Lipinski definition) is 3. The van der Waals surface area contributed by atoms with Crippen LogP contribution < -0.4 is 15.5 Å². The largest absolute Gasteiger partial charge is 0.367 e. The van der Waals surface area contributed by atoms with E-state index in [1.807, 2.05) is 6.92 Å². The van der Waals surface area contributed by atoms with Crippen LogP contribution >= 0.6 is 23.2 Å². The first-order valence-electron chi connectivity index (χ1n) is 10.1. The fourth-order valence-corrected chi connectivity index (χ4v) is 4.46. The second-order valence-electron chi connectivity index (χ2n) is 7.78. The van der Waals surface area contributed by atoms with Crippen LogP contribution in [0.25, 0.3) is 5.57 Å². The molecule has 1 heterocycles. The Bertz CT molecular complexity index is 1010. The lowest BCUT2D eigenvalue weighted by molar-refractivity contribution is 0.102. The molecule has 3 rings (SSSR count). The molecule has 4 nitrogen and oxygen atoms in total. The minimum Gasteiger partial charge on any atom is -0.367 e. The van der Waals surface area contributed by atoms with E-state index in [0.29, 0.717) is 51.2 Å². The summed E-state index contributed by atoms with van der Waals surface area (Å²) < 4.78 is 15.1. The second kappa shape index (κ2) is 9.86. The number of nitrogens with one attached hydrogen (secondary N) is 2. The van der Waals surface area contributed by atoms with E-state index in [2.05, 4.69) is 36.0 Å². The van der Waals surface area contributed by atoms with Gasteiger partial charge in [-0.2, -0.15) is 0 Å². The third kappa shape index (κ3) is 5.48. The fraction of sp³-hybridized carbons (Fsp3) is 0.292. The van der Waals surface area contributed by atoms with Crippen molar-refractivity contribution in [1.82, 2.24) is 5.32 Å². The highest BCUT2D eigenvalue weighted by Gasteiger charge is 2.25. The van der Waals surface area contributed by atoms with E-state index in [0.717, 1.165) is 0 Å². The SMILES string of the molecule is C=C/C(=C\C)c1cc(NC(=O)c2cc(Cl)cc(Cl)c2)c(N2C[C@@H](C)N[C@@H](C)C2)cc1F. The van der Waals surface area contributed by atoms with Crippen molar-refractivity contribution >= 4 is 46.1 Å². The number of rotatable bonds is 5. The molecule has 1 aliphatic rings. The maximum atomic E-state index is 15.1. The van der Waals surface area contributed by atoms with Crippen molar-refractivity contribution in [1.29, 1.82) is 0 Å². The molecule has 1 fully saturated rings. The highest BCUT2D eigenvalue weighted by molar-refractivity contribution is 6.35. The lowest BCUT2D eigenvalue weighted by Crippen LogP contribution is -2.54. The van der Waals surface area contributed by atoms with Crippen molar-refractivity contribution in [2.45, 2.75) is 32.9 Å². The first-order valence-corrected chi connectivity index (χ1v) is 10.9. The number of nitrogens with zero attached hydrogens (tertiary/aromatic N) is 1. The van der Waals surface area contributed by atoms with Gasteiger partial charge >= 0.3 is 0 Å². The highest BCUT2D eigenvalue weighted by Crippen LogP contribution is 2.34. The number of carbonyl (C=O) groups is 1. The van der Waals surface area contributed by atoms with Gasteiger partial charge in [-0.05, 0) is 56.7 Å². The van der Waals surface area contributed by atoms with Crippen LogP contribution in [0.5, 0.6) is 0 Å². The molecule has 2 aromatic rings. The van der Waals surface area contributed by atoms with Gasteiger partial charge in [-0.15, -0.1) is 0 Å². The Morgan fingerprint density at radius 2 is 1.77 bits per heavy atom. The zero-order valence-corrected chi connectivity index (χ0v) is 19.3. The predicted octanol–water partition coefficient (Wildman–Crippen LogP) is 6.16. The van der Waals surface area contributed by atoms with E-state index < -0.39 is 0 Å². The zero-order valence-electron chi connectivity index (χ0n) is 17.8. The number of amides is 1. The number of piperazine rings is 1. The van der Waals surface area contributed by atoms with Crippen LogP contribution in [0.15, 0.2) is 49.1 Å². The Morgan fingerprint density at radius 3 is 2.32 bits per heavy atom. The normalized spacial score (nSPS) is 19.3. The van der Waals surface area contributed by atoms with Gasteiger partial charge in [0.2, 0.25) is 0 Å². The van der Waals surface area contributed by atoms with Crippen molar-refractivity contribution in [2.75, 3.05) is 23.3 Å². The van der Waals surface area contributed by atoms with Gasteiger partial charge in [0.1, 0.15) is 5.82 Å². The van der Waals surface area contributed by atoms with Gasteiger partial charge < -0.3 is 15.5 Å². The molecule has 2 atom stereocenters. The molecule has 7 heteroatoms. The predicted molar refractivity (Wildman–Crippen MR) is 129 cm³/mol. The van der Waals surface area contributed by atoms with Crippen LogP contribution in [0, 0.1) is 5.82 Å². The number of halogens is 3. The van der Waals surface area contributed by atoms with Crippen LogP contribution in [0.4, 0.5) is 15.8 Å². The van der Waals surface area contributed by atoms with Gasteiger partial charge in [-0.3, -0.25) is 4.79 Å². The Kier molecular flexibility index (Phi) is 7.42. The van der Waals surface area contributed by atoms with Crippen molar-refractivity contribution in [3.05, 3.63) is 76.1 Å². The minimum atomic E-state index is -0.375. The van der Waals surface area contributed by atoms with Crippen LogP contribution in [0.3, 0.4) is 0 Å². The molecule has 2 aromatic carbocycles. The Morgan fingerprint density at radius 1 is 1.16 bits per heavy atom. The van der Waals surface area contributed by atoms with E-state index in [4.69, 9.17) is 23.2 Å². The summed E-state index contributed by atoms with van der Waals surface area (Å²) >= 11 is 12.1. The Hall–Kier alpha value is -2.34. The highest BCUT2D eigenvalue weighted by atomic mass is 35.5. The molecule has 31 heavy (non-hydrogen) atoms. The summed E-state index contributed by atoms with van der Waals surface area (Å²) in [7, 11) is 0. The molecule has 1 aliphatic heterocycles. The molecule has 164 valence electrons. The molecule has 0 bridgehead atoms. The summed E-state index contributed by atoms with van der Waals surface area (Å²) in [6, 6.07) is 8.23. The van der Waals surface area contributed by atoms with Gasteiger partial charge in [0.25, 0.3) is 5.91 Å². The first-order chi connectivity index (χ1) is 14.7. The smallest absolute Gasteiger partial charge is 0.255 e. The monoisotopic (exact) mass is 461 g/mol. The quantitative estimate of drug-likeness (QED) is 0.523. The average Bonchev–Trinajstić information content (AvgIpc) is 2.69. The summed E-state index contributed by atoms with van der Waals surface area (Å²) in [4.78, 5) is 15.1. The molecule has 0 aromatic heterocycles. The third-order valence-corrected chi connectivity index (χ3v) is 5.63. The summed E-state index contributed by atoms with van der Waals surface area (Å²) in [6.45, 7) is 11.1. The topological polar surface area (TPSA) is 44.4 Å². The second-order valence-corrected chi connectivity index (χ2v) is 8.66. The van der Waals surface area contributed by atoms with E-state index in [1.54, 1.807) is 36.4 Å². The van der Waals surface area contributed by atoms with Crippen LogP contribution in [-0.4, -0.2) is 31.1 Å². The number of anilines is 2. The van der Waals surface area contributed by atoms with Gasteiger partial charge in [-0.1, -0.05) is 41.9 Å². The molecule has 0 spiro atoms. The van der Waals surface area contributed by atoms with E-state index in [1.165, 1.54) is 6.07 Å². The molecule has 0 unspecified atom stereocenters. The summed E-state index contributed by atoms with van der Waals surface area (Å²) in [6.07, 6.45) is 3.37. The minimum absolute atomic E-state index is 0.223. The van der Waals surface area contributed by atoms with Crippen molar-refractivity contribution in [3.63, 3.8) is 0 Å². The van der Waals surface area contributed by atoms with Gasteiger partial charge in [0, 0.05) is 46.3 Å². The molecule has 0 saturated carbocycles. The molecular weight excluding hydrogens is 436 g/mol. The number of carbonyl (C=O) groups excluding carboxylic acids is 1. The third-order valence-electron chi connectivity index (χ3n) is 5.20. The molecule has 1 amide bonds. The molecule has 0 radical (unpaired) electrons. The van der Waals surface area contributed by atoms with Gasteiger partial charge in [0.05, 0.1) is 11.4 Å². The number of allylic oxidation sites excluding steroid dienone is 3.